The number of aryl methyl sites for hydroxylation is 1. The van der Waals surface area contributed by atoms with Crippen LogP contribution in [0.15, 0.2) is 36.8 Å². The van der Waals surface area contributed by atoms with Crippen LogP contribution in [-0.4, -0.2) is 28.2 Å². The van der Waals surface area contributed by atoms with Gasteiger partial charge in [-0.05, 0) is 25.1 Å². The molecule has 6 heteroatoms. The normalized spacial score (nSPS) is 10.9. The lowest BCUT2D eigenvalue weighted by Crippen LogP contribution is -2.12. The summed E-state index contributed by atoms with van der Waals surface area (Å²) in [5.74, 6) is 1.03. The highest BCUT2D eigenvalue weighted by molar-refractivity contribution is 5.87. The summed E-state index contributed by atoms with van der Waals surface area (Å²) in [7, 11) is 1.55. The minimum atomic E-state index is -0.299. The summed E-state index contributed by atoms with van der Waals surface area (Å²) in [6, 6.07) is 6.77. The first-order valence-corrected chi connectivity index (χ1v) is 7.02. The Morgan fingerprint density at radius 2 is 2.18 bits per heavy atom. The third-order valence-corrected chi connectivity index (χ3v) is 3.60. The molecule has 0 unspecified atom stereocenters. The van der Waals surface area contributed by atoms with Gasteiger partial charge in [-0.3, -0.25) is 0 Å². The van der Waals surface area contributed by atoms with Gasteiger partial charge < -0.3 is 14.6 Å². The van der Waals surface area contributed by atoms with E-state index in [1.54, 1.807) is 13.3 Å². The number of anilines is 1. The summed E-state index contributed by atoms with van der Waals surface area (Å²) in [5.41, 5.74) is 1.89. The van der Waals surface area contributed by atoms with Crippen LogP contribution in [0, 0.1) is 12.7 Å². The predicted molar refractivity (Wildman–Crippen MR) is 83.7 cm³/mol. The molecule has 2 heterocycles. The van der Waals surface area contributed by atoms with Gasteiger partial charge in [0.15, 0.2) is 0 Å². The number of benzene rings is 1. The Labute approximate surface area is 127 Å². The standard InChI is InChI=1S/C16H17FN4O/c1-11-7-13-14(8-12(17)9-15(13)22-2)21(11)6-5-19-16-3-4-18-10-20-16/h3-4,7-10H,5-6H2,1-2H3,(H,18,19,20). The zero-order chi connectivity index (χ0) is 15.5. The van der Waals surface area contributed by atoms with Gasteiger partial charge in [0.1, 0.15) is 23.7 Å². The summed E-state index contributed by atoms with van der Waals surface area (Å²) in [5, 5.41) is 4.14. The molecule has 0 aliphatic heterocycles. The molecule has 1 N–H and O–H groups in total. The van der Waals surface area contributed by atoms with Crippen LogP contribution in [0.2, 0.25) is 0 Å². The monoisotopic (exact) mass is 300 g/mol. The van der Waals surface area contributed by atoms with Crippen molar-refractivity contribution in [2.75, 3.05) is 19.0 Å². The van der Waals surface area contributed by atoms with Crippen LogP contribution >= 0.6 is 0 Å². The van der Waals surface area contributed by atoms with Crippen molar-refractivity contribution in [1.82, 2.24) is 14.5 Å². The van der Waals surface area contributed by atoms with Crippen molar-refractivity contribution in [2.45, 2.75) is 13.5 Å². The van der Waals surface area contributed by atoms with Crippen LogP contribution in [0.3, 0.4) is 0 Å². The molecule has 0 spiro atoms. The van der Waals surface area contributed by atoms with Gasteiger partial charge in [0, 0.05) is 36.4 Å². The highest BCUT2D eigenvalue weighted by atomic mass is 19.1. The van der Waals surface area contributed by atoms with Crippen molar-refractivity contribution in [2.24, 2.45) is 0 Å². The number of hydrogen-bond acceptors (Lipinski definition) is 4. The Kier molecular flexibility index (Phi) is 3.91. The number of methoxy groups -OCH3 is 1. The van der Waals surface area contributed by atoms with Crippen molar-refractivity contribution in [3.05, 3.63) is 48.3 Å². The Morgan fingerprint density at radius 1 is 1.32 bits per heavy atom. The molecule has 0 fully saturated rings. The molecular formula is C16H17FN4O. The fourth-order valence-corrected chi connectivity index (χ4v) is 2.58. The van der Waals surface area contributed by atoms with Crippen molar-refractivity contribution >= 4 is 16.7 Å². The second-order valence-electron chi connectivity index (χ2n) is 5.00. The van der Waals surface area contributed by atoms with E-state index in [1.807, 2.05) is 19.1 Å². The fourth-order valence-electron chi connectivity index (χ4n) is 2.58. The maximum Gasteiger partial charge on any atom is 0.131 e. The lowest BCUT2D eigenvalue weighted by Gasteiger charge is -2.10. The molecule has 0 aliphatic rings. The third kappa shape index (κ3) is 2.72. The summed E-state index contributed by atoms with van der Waals surface area (Å²) in [6.07, 6.45) is 3.19. The van der Waals surface area contributed by atoms with E-state index in [0.29, 0.717) is 18.8 Å². The minimum Gasteiger partial charge on any atom is -0.496 e. The van der Waals surface area contributed by atoms with Crippen LogP contribution in [-0.2, 0) is 6.54 Å². The first-order valence-electron chi connectivity index (χ1n) is 7.02. The van der Waals surface area contributed by atoms with E-state index in [9.17, 15) is 4.39 Å². The van der Waals surface area contributed by atoms with Crippen molar-refractivity contribution in [3.8, 4) is 5.75 Å². The van der Waals surface area contributed by atoms with Gasteiger partial charge in [-0.25, -0.2) is 14.4 Å². The average Bonchev–Trinajstić information content (AvgIpc) is 2.84. The molecule has 22 heavy (non-hydrogen) atoms. The molecule has 3 rings (SSSR count). The van der Waals surface area contributed by atoms with Crippen LogP contribution in [0.1, 0.15) is 5.69 Å². The van der Waals surface area contributed by atoms with Crippen LogP contribution in [0.4, 0.5) is 10.2 Å². The lowest BCUT2D eigenvalue weighted by atomic mass is 10.2. The van der Waals surface area contributed by atoms with Crippen molar-refractivity contribution in [1.29, 1.82) is 0 Å². The van der Waals surface area contributed by atoms with E-state index in [0.717, 1.165) is 22.4 Å². The van der Waals surface area contributed by atoms with Gasteiger partial charge in [0.2, 0.25) is 0 Å². The third-order valence-electron chi connectivity index (χ3n) is 3.60. The van der Waals surface area contributed by atoms with Crippen molar-refractivity contribution in [3.63, 3.8) is 0 Å². The van der Waals surface area contributed by atoms with Crippen molar-refractivity contribution < 1.29 is 9.13 Å². The summed E-state index contributed by atoms with van der Waals surface area (Å²) in [6.45, 7) is 3.38. The van der Waals surface area contributed by atoms with E-state index in [1.165, 1.54) is 18.5 Å². The van der Waals surface area contributed by atoms with Crippen LogP contribution in [0.5, 0.6) is 5.75 Å². The molecule has 0 radical (unpaired) electrons. The van der Waals surface area contributed by atoms with Gasteiger partial charge >= 0.3 is 0 Å². The average molecular weight is 300 g/mol. The fraction of sp³-hybridized carbons (Fsp3) is 0.250. The highest BCUT2D eigenvalue weighted by Gasteiger charge is 2.11. The van der Waals surface area contributed by atoms with E-state index < -0.39 is 0 Å². The number of fused-ring (bicyclic) bond motifs is 1. The Morgan fingerprint density at radius 3 is 2.91 bits per heavy atom. The number of ether oxygens (including phenoxy) is 1. The summed E-state index contributed by atoms with van der Waals surface area (Å²) in [4.78, 5) is 7.99. The van der Waals surface area contributed by atoms with E-state index in [4.69, 9.17) is 4.74 Å². The molecule has 3 aromatic rings. The Balaban J connectivity index is 1.84. The van der Waals surface area contributed by atoms with Gasteiger partial charge in [-0.15, -0.1) is 0 Å². The maximum atomic E-state index is 13.7. The molecular weight excluding hydrogens is 283 g/mol. The van der Waals surface area contributed by atoms with E-state index in [2.05, 4.69) is 19.9 Å². The highest BCUT2D eigenvalue weighted by Crippen LogP contribution is 2.29. The van der Waals surface area contributed by atoms with Crippen LogP contribution < -0.4 is 10.1 Å². The molecule has 0 bridgehead atoms. The SMILES string of the molecule is COc1cc(F)cc2c1cc(C)n2CCNc1ccncn1. The first kappa shape index (κ1) is 14.3. The second-order valence-corrected chi connectivity index (χ2v) is 5.00. The molecule has 0 atom stereocenters. The van der Waals surface area contributed by atoms with Crippen LogP contribution in [0.25, 0.3) is 10.9 Å². The zero-order valence-corrected chi connectivity index (χ0v) is 12.5. The second kappa shape index (κ2) is 6.01. The van der Waals surface area contributed by atoms with Gasteiger partial charge in [-0.2, -0.15) is 0 Å². The van der Waals surface area contributed by atoms with E-state index in [-0.39, 0.29) is 5.82 Å². The minimum absolute atomic E-state index is 0.299. The number of hydrogen-bond donors (Lipinski definition) is 1. The van der Waals surface area contributed by atoms with Gasteiger partial charge in [-0.1, -0.05) is 0 Å². The van der Waals surface area contributed by atoms with Gasteiger partial charge in [0.25, 0.3) is 0 Å². The molecule has 114 valence electrons. The molecule has 0 saturated carbocycles. The predicted octanol–water partition coefficient (Wildman–Crippen LogP) is 3.00. The topological polar surface area (TPSA) is 52.0 Å². The molecule has 5 nitrogen and oxygen atoms in total. The molecule has 2 aromatic heterocycles. The molecule has 1 aromatic carbocycles. The Hall–Kier alpha value is -2.63. The number of rotatable bonds is 5. The first-order chi connectivity index (χ1) is 10.7. The smallest absolute Gasteiger partial charge is 0.131 e. The lowest BCUT2D eigenvalue weighted by molar-refractivity contribution is 0.416. The zero-order valence-electron chi connectivity index (χ0n) is 12.5. The Bertz CT molecular complexity index is 786. The number of nitrogens with one attached hydrogen (secondary N) is 1. The largest absolute Gasteiger partial charge is 0.496 e. The molecule has 0 saturated heterocycles. The summed E-state index contributed by atoms with van der Waals surface area (Å²) >= 11 is 0. The maximum absolute atomic E-state index is 13.7. The number of nitrogens with zero attached hydrogens (tertiary/aromatic N) is 3. The summed E-state index contributed by atoms with van der Waals surface area (Å²) < 4.78 is 21.1. The quantitative estimate of drug-likeness (QED) is 0.787. The number of halogens is 1. The number of aromatic nitrogens is 3. The molecule has 0 aliphatic carbocycles. The molecule has 0 amide bonds. The van der Waals surface area contributed by atoms with Gasteiger partial charge in [0.05, 0.1) is 12.6 Å². The van der Waals surface area contributed by atoms with E-state index >= 15 is 0 Å².